The second-order valence-electron chi connectivity index (χ2n) is 7.13. The van der Waals surface area contributed by atoms with Crippen LogP contribution in [0.1, 0.15) is 57.4 Å². The maximum Gasteiger partial charge on any atom is 0.330 e. The van der Waals surface area contributed by atoms with Crippen LogP contribution in [0, 0.1) is 0 Å². The zero-order valence-electron chi connectivity index (χ0n) is 17.3. The molecule has 0 unspecified atom stereocenters. The number of aliphatic imine (C=N–C) groups is 1. The third kappa shape index (κ3) is 9.88. The van der Waals surface area contributed by atoms with Gasteiger partial charge in [0, 0.05) is 37.3 Å². The Labute approximate surface area is 173 Å². The summed E-state index contributed by atoms with van der Waals surface area (Å²) in [6.07, 6.45) is 14.1. The van der Waals surface area contributed by atoms with Crippen molar-refractivity contribution < 1.29 is 14.3 Å². The van der Waals surface area contributed by atoms with Gasteiger partial charge < -0.3 is 10.1 Å². The largest absolute Gasteiger partial charge is 0.463 e. The molecule has 5 heteroatoms. The summed E-state index contributed by atoms with van der Waals surface area (Å²) in [5.74, 6) is -0.386. The highest BCUT2D eigenvalue weighted by atomic mass is 16.5. The molecule has 0 aliphatic carbocycles. The van der Waals surface area contributed by atoms with E-state index in [1.165, 1.54) is 11.6 Å². The fourth-order valence-electron chi connectivity index (χ4n) is 3.22. The van der Waals surface area contributed by atoms with Crippen LogP contribution in [0.3, 0.4) is 0 Å². The molecule has 0 bridgehead atoms. The summed E-state index contributed by atoms with van der Waals surface area (Å²) in [7, 11) is 0. The van der Waals surface area contributed by atoms with E-state index < -0.39 is 5.97 Å². The first kappa shape index (κ1) is 22.6. The van der Waals surface area contributed by atoms with E-state index in [4.69, 9.17) is 4.74 Å². The van der Waals surface area contributed by atoms with Crippen molar-refractivity contribution in [2.75, 3.05) is 6.61 Å². The molecule has 0 radical (unpaired) electrons. The molecular formula is C24H32N2O3. The minimum Gasteiger partial charge on any atom is -0.463 e. The van der Waals surface area contributed by atoms with Gasteiger partial charge in [-0.2, -0.15) is 0 Å². The fraction of sp³-hybridized carbons (Fsp3) is 0.458. The highest BCUT2D eigenvalue weighted by molar-refractivity contribution is 5.82. The van der Waals surface area contributed by atoms with E-state index >= 15 is 0 Å². The van der Waals surface area contributed by atoms with Crippen molar-refractivity contribution in [2.24, 2.45) is 4.99 Å². The standard InChI is InChI=1S/C24H32N2O3/c1-2-29-24(28)17-16-22(19-21-14-10-18-25-21)26-23(27)15-9-4-3-6-11-20-12-7-5-8-13-20/h5,7-8,12-14,16-18,22H,2-4,6,9-11,15,19H2,1H3,(H,26,27)/b17-16+/t22-/m0/s1. The fourth-order valence-corrected chi connectivity index (χ4v) is 3.22. The Kier molecular flexibility index (Phi) is 10.5. The molecule has 0 saturated carbocycles. The van der Waals surface area contributed by atoms with Crippen LogP contribution >= 0.6 is 0 Å². The third-order valence-corrected chi connectivity index (χ3v) is 4.70. The molecule has 1 atom stereocenters. The van der Waals surface area contributed by atoms with E-state index in [-0.39, 0.29) is 11.9 Å². The lowest BCUT2D eigenvalue weighted by Gasteiger charge is -2.15. The number of carbonyl (C=O) groups excluding carboxylic acids is 2. The van der Waals surface area contributed by atoms with Crippen molar-refractivity contribution in [3.8, 4) is 0 Å². The van der Waals surface area contributed by atoms with Crippen molar-refractivity contribution in [1.29, 1.82) is 0 Å². The number of unbranched alkanes of at least 4 members (excludes halogenated alkanes) is 3. The number of hydrogen-bond donors (Lipinski definition) is 1. The van der Waals surface area contributed by atoms with Crippen LogP contribution in [0.25, 0.3) is 0 Å². The number of benzene rings is 1. The second-order valence-corrected chi connectivity index (χ2v) is 7.13. The Morgan fingerprint density at radius 2 is 1.97 bits per heavy atom. The molecule has 1 N–H and O–H groups in total. The molecule has 1 aliphatic heterocycles. The van der Waals surface area contributed by atoms with E-state index in [2.05, 4.69) is 34.6 Å². The molecule has 0 aromatic heterocycles. The SMILES string of the molecule is CCOC(=O)/C=C/[C@@H](CC1=CCC=N1)NC(=O)CCCCCCc1ccccc1. The number of allylic oxidation sites excluding steroid dienone is 1. The van der Waals surface area contributed by atoms with Crippen molar-refractivity contribution in [3.63, 3.8) is 0 Å². The third-order valence-electron chi connectivity index (χ3n) is 4.70. The summed E-state index contributed by atoms with van der Waals surface area (Å²) < 4.78 is 4.92. The van der Waals surface area contributed by atoms with E-state index in [9.17, 15) is 9.59 Å². The molecule has 0 spiro atoms. The monoisotopic (exact) mass is 396 g/mol. The van der Waals surface area contributed by atoms with Crippen molar-refractivity contribution in [1.82, 2.24) is 5.32 Å². The average molecular weight is 397 g/mol. The molecule has 1 heterocycles. The molecule has 29 heavy (non-hydrogen) atoms. The number of hydrogen-bond acceptors (Lipinski definition) is 4. The normalized spacial score (nSPS) is 14.0. The van der Waals surface area contributed by atoms with E-state index in [0.29, 0.717) is 19.4 Å². The summed E-state index contributed by atoms with van der Waals surface area (Å²) in [6, 6.07) is 10.2. The maximum atomic E-state index is 12.3. The van der Waals surface area contributed by atoms with Crippen LogP contribution in [0.4, 0.5) is 0 Å². The quantitative estimate of drug-likeness (QED) is 0.302. The number of aryl methyl sites for hydroxylation is 1. The number of rotatable bonds is 13. The lowest BCUT2D eigenvalue weighted by molar-refractivity contribution is -0.137. The van der Waals surface area contributed by atoms with Crippen LogP contribution < -0.4 is 5.32 Å². The molecule has 1 aromatic rings. The Hall–Kier alpha value is -2.69. The predicted molar refractivity (Wildman–Crippen MR) is 117 cm³/mol. The van der Waals surface area contributed by atoms with Gasteiger partial charge in [-0.25, -0.2) is 4.79 Å². The van der Waals surface area contributed by atoms with Crippen LogP contribution in [0.5, 0.6) is 0 Å². The van der Waals surface area contributed by atoms with Gasteiger partial charge in [0.1, 0.15) is 0 Å². The lowest BCUT2D eigenvalue weighted by Crippen LogP contribution is -2.33. The van der Waals surface area contributed by atoms with Gasteiger partial charge >= 0.3 is 5.97 Å². The first-order valence-electron chi connectivity index (χ1n) is 10.6. The molecule has 156 valence electrons. The summed E-state index contributed by atoms with van der Waals surface area (Å²) in [4.78, 5) is 28.2. The van der Waals surface area contributed by atoms with Crippen molar-refractivity contribution >= 4 is 18.1 Å². The van der Waals surface area contributed by atoms with Crippen LogP contribution in [0.15, 0.2) is 59.2 Å². The summed E-state index contributed by atoms with van der Waals surface area (Å²) in [5, 5.41) is 3.01. The molecule has 0 fully saturated rings. The number of nitrogens with one attached hydrogen (secondary N) is 1. The Morgan fingerprint density at radius 3 is 2.69 bits per heavy atom. The zero-order valence-corrected chi connectivity index (χ0v) is 17.3. The van der Waals surface area contributed by atoms with E-state index in [1.807, 2.05) is 18.4 Å². The number of esters is 1. The highest BCUT2D eigenvalue weighted by Crippen LogP contribution is 2.14. The lowest BCUT2D eigenvalue weighted by atomic mass is 10.1. The molecule has 2 rings (SSSR count). The first-order chi connectivity index (χ1) is 14.2. The highest BCUT2D eigenvalue weighted by Gasteiger charge is 2.13. The van der Waals surface area contributed by atoms with Gasteiger partial charge in [0.25, 0.3) is 0 Å². The molecular weight excluding hydrogens is 364 g/mol. The number of amides is 1. The van der Waals surface area contributed by atoms with Gasteiger partial charge in [0.15, 0.2) is 0 Å². The average Bonchev–Trinajstić information content (AvgIpc) is 3.23. The molecule has 1 amide bonds. The van der Waals surface area contributed by atoms with Gasteiger partial charge in [-0.15, -0.1) is 0 Å². The zero-order chi connectivity index (χ0) is 20.7. The van der Waals surface area contributed by atoms with Crippen molar-refractivity contribution in [3.05, 3.63) is 59.8 Å². The maximum absolute atomic E-state index is 12.3. The number of carbonyl (C=O) groups is 2. The van der Waals surface area contributed by atoms with Crippen LogP contribution in [-0.4, -0.2) is 30.7 Å². The predicted octanol–water partition coefficient (Wildman–Crippen LogP) is 4.53. The number of nitrogens with zero attached hydrogens (tertiary/aromatic N) is 1. The molecule has 5 nitrogen and oxygen atoms in total. The minimum absolute atomic E-state index is 0.00847. The molecule has 1 aliphatic rings. The second kappa shape index (κ2) is 13.5. The van der Waals surface area contributed by atoms with Gasteiger partial charge in [0.05, 0.1) is 12.6 Å². The summed E-state index contributed by atoms with van der Waals surface area (Å²) >= 11 is 0. The van der Waals surface area contributed by atoms with Crippen molar-refractivity contribution in [2.45, 2.75) is 64.3 Å². The summed E-state index contributed by atoms with van der Waals surface area (Å²) in [6.45, 7) is 2.10. The Morgan fingerprint density at radius 1 is 1.17 bits per heavy atom. The van der Waals surface area contributed by atoms with E-state index in [1.54, 1.807) is 13.0 Å². The Balaban J connectivity index is 1.68. The van der Waals surface area contributed by atoms with E-state index in [0.717, 1.165) is 44.2 Å². The molecule has 1 aromatic carbocycles. The minimum atomic E-state index is -0.394. The van der Waals surface area contributed by atoms with Gasteiger partial charge in [0.2, 0.25) is 5.91 Å². The van der Waals surface area contributed by atoms with Gasteiger partial charge in [-0.05, 0) is 31.7 Å². The van der Waals surface area contributed by atoms with Crippen LogP contribution in [0.2, 0.25) is 0 Å². The van der Waals surface area contributed by atoms with Gasteiger partial charge in [-0.1, -0.05) is 55.3 Å². The van der Waals surface area contributed by atoms with Gasteiger partial charge in [-0.3, -0.25) is 9.79 Å². The van der Waals surface area contributed by atoms with Crippen LogP contribution in [-0.2, 0) is 20.7 Å². The topological polar surface area (TPSA) is 67.8 Å². The number of ether oxygens (including phenoxy) is 1. The molecule has 0 saturated heterocycles. The smallest absolute Gasteiger partial charge is 0.330 e. The summed E-state index contributed by atoms with van der Waals surface area (Å²) in [5.41, 5.74) is 2.30. The first-order valence-corrected chi connectivity index (χ1v) is 10.6. The Bertz CT molecular complexity index is 723.